The molecule has 0 spiro atoms. The normalized spacial score (nSPS) is 15.6. The lowest BCUT2D eigenvalue weighted by Crippen LogP contribution is -2.54. The van der Waals surface area contributed by atoms with Gasteiger partial charge in [-0.3, -0.25) is 9.59 Å². The van der Waals surface area contributed by atoms with Gasteiger partial charge in [0.05, 0.1) is 0 Å². The van der Waals surface area contributed by atoms with Crippen molar-refractivity contribution in [2.24, 2.45) is 23.7 Å². The average Bonchev–Trinajstić information content (AvgIpc) is 2.62. The van der Waals surface area contributed by atoms with Crippen molar-refractivity contribution in [3.05, 3.63) is 0 Å². The van der Waals surface area contributed by atoms with Crippen molar-refractivity contribution in [3.63, 3.8) is 0 Å². The van der Waals surface area contributed by atoms with Gasteiger partial charge in [-0.1, -0.05) is 55.4 Å². The van der Waals surface area contributed by atoms with Gasteiger partial charge in [0.15, 0.2) is 6.10 Å². The quantitative estimate of drug-likeness (QED) is 0.464. The standard InChI is InChI=1S/C22H40N2O7/c1-11(2)15(21(28)29)23(9)20(27)18(14(7)8)31-22(30)16(12(3)4)24(10)19(26)17(25)13(5)6/h11-18,25H,1-10H3,(H,28,29). The van der Waals surface area contributed by atoms with Crippen LogP contribution in [0.15, 0.2) is 0 Å². The zero-order chi connectivity index (χ0) is 24.8. The first-order chi connectivity index (χ1) is 14.1. The second-order valence-corrected chi connectivity index (χ2v) is 9.40. The molecular formula is C22H40N2O7. The van der Waals surface area contributed by atoms with Crippen molar-refractivity contribution >= 4 is 23.8 Å². The molecular weight excluding hydrogens is 404 g/mol. The molecule has 0 rings (SSSR count). The SMILES string of the molecule is CC(C)C(O)C(=O)N(C)C(C(=O)OC(C(=O)N(C)C(C(=O)O)C(C)C)C(C)C)C(C)C. The number of hydrogen-bond donors (Lipinski definition) is 2. The van der Waals surface area contributed by atoms with E-state index in [4.69, 9.17) is 4.74 Å². The van der Waals surface area contributed by atoms with Crippen molar-refractivity contribution < 1.29 is 34.1 Å². The fourth-order valence-corrected chi connectivity index (χ4v) is 3.41. The number of hydrogen-bond acceptors (Lipinski definition) is 6. The van der Waals surface area contributed by atoms with Crippen LogP contribution >= 0.6 is 0 Å². The summed E-state index contributed by atoms with van der Waals surface area (Å²) in [4.78, 5) is 52.5. The van der Waals surface area contributed by atoms with E-state index in [2.05, 4.69) is 0 Å². The van der Waals surface area contributed by atoms with Crippen LogP contribution in [-0.2, 0) is 23.9 Å². The number of carbonyl (C=O) groups excluding carboxylic acids is 3. The van der Waals surface area contributed by atoms with Gasteiger partial charge < -0.3 is 24.7 Å². The van der Waals surface area contributed by atoms with Crippen LogP contribution in [0.25, 0.3) is 0 Å². The topological polar surface area (TPSA) is 124 Å². The van der Waals surface area contributed by atoms with Crippen LogP contribution in [-0.4, -0.2) is 82.2 Å². The molecule has 0 aliphatic heterocycles. The summed E-state index contributed by atoms with van der Waals surface area (Å²) in [6.07, 6.45) is -2.48. The Morgan fingerprint density at radius 2 is 1.10 bits per heavy atom. The fraction of sp³-hybridized carbons (Fsp3) is 0.818. The Bertz CT molecular complexity index is 646. The third-order valence-electron chi connectivity index (χ3n) is 5.26. The molecule has 2 amide bonds. The first-order valence-electron chi connectivity index (χ1n) is 10.7. The van der Waals surface area contributed by atoms with Gasteiger partial charge in [-0.2, -0.15) is 0 Å². The Kier molecular flexibility index (Phi) is 11.2. The summed E-state index contributed by atoms with van der Waals surface area (Å²) in [6.45, 7) is 13.6. The number of rotatable bonds is 11. The van der Waals surface area contributed by atoms with Crippen LogP contribution in [0.4, 0.5) is 0 Å². The second-order valence-electron chi connectivity index (χ2n) is 9.40. The zero-order valence-corrected chi connectivity index (χ0v) is 20.4. The lowest BCUT2D eigenvalue weighted by atomic mass is 9.98. The summed E-state index contributed by atoms with van der Waals surface area (Å²) >= 11 is 0. The molecule has 0 aliphatic rings. The van der Waals surface area contributed by atoms with Crippen molar-refractivity contribution in [2.75, 3.05) is 14.1 Å². The monoisotopic (exact) mass is 444 g/mol. The Morgan fingerprint density at radius 1 is 0.677 bits per heavy atom. The summed E-state index contributed by atoms with van der Waals surface area (Å²) in [6, 6.07) is -2.08. The minimum absolute atomic E-state index is 0.332. The molecule has 4 unspecified atom stereocenters. The molecule has 0 saturated heterocycles. The molecule has 0 fully saturated rings. The van der Waals surface area contributed by atoms with Crippen LogP contribution in [0, 0.1) is 23.7 Å². The van der Waals surface area contributed by atoms with E-state index in [0.29, 0.717) is 0 Å². The summed E-state index contributed by atoms with van der Waals surface area (Å²) in [5, 5.41) is 19.6. The number of amides is 2. The second kappa shape index (κ2) is 12.0. The number of ether oxygens (including phenoxy) is 1. The van der Waals surface area contributed by atoms with Crippen molar-refractivity contribution in [2.45, 2.75) is 79.7 Å². The molecule has 180 valence electrons. The molecule has 31 heavy (non-hydrogen) atoms. The third kappa shape index (κ3) is 7.48. The number of aliphatic hydroxyl groups excluding tert-OH is 1. The molecule has 0 aromatic carbocycles. The van der Waals surface area contributed by atoms with Crippen molar-refractivity contribution in [1.82, 2.24) is 9.80 Å². The van der Waals surface area contributed by atoms with Crippen LogP contribution in [0.3, 0.4) is 0 Å². The van der Waals surface area contributed by atoms with Crippen molar-refractivity contribution in [1.29, 1.82) is 0 Å². The number of aliphatic hydroxyl groups is 1. The maximum Gasteiger partial charge on any atom is 0.329 e. The maximum absolute atomic E-state index is 13.0. The zero-order valence-electron chi connectivity index (χ0n) is 20.4. The molecule has 0 saturated carbocycles. The van der Waals surface area contributed by atoms with E-state index in [1.807, 2.05) is 0 Å². The lowest BCUT2D eigenvalue weighted by molar-refractivity contribution is -0.173. The fourth-order valence-electron chi connectivity index (χ4n) is 3.41. The predicted molar refractivity (Wildman–Crippen MR) is 116 cm³/mol. The van der Waals surface area contributed by atoms with Gasteiger partial charge in [0, 0.05) is 14.1 Å². The smallest absolute Gasteiger partial charge is 0.329 e. The van der Waals surface area contributed by atoms with E-state index in [1.165, 1.54) is 14.1 Å². The van der Waals surface area contributed by atoms with Gasteiger partial charge in [0.2, 0.25) is 0 Å². The molecule has 0 aromatic heterocycles. The Balaban J connectivity index is 5.77. The minimum atomic E-state index is -1.27. The Labute approximate surface area is 185 Å². The van der Waals surface area contributed by atoms with Crippen LogP contribution in [0.5, 0.6) is 0 Å². The highest BCUT2D eigenvalue weighted by Crippen LogP contribution is 2.20. The summed E-state index contributed by atoms with van der Waals surface area (Å²) in [5.41, 5.74) is 0. The molecule has 9 nitrogen and oxygen atoms in total. The molecule has 0 aromatic rings. The molecule has 0 aliphatic carbocycles. The number of aliphatic carboxylic acids is 1. The van der Waals surface area contributed by atoms with E-state index in [0.717, 1.165) is 9.80 Å². The number of nitrogens with zero attached hydrogens (tertiary/aromatic N) is 2. The minimum Gasteiger partial charge on any atom is -0.480 e. The number of likely N-dealkylation sites (N-methyl/N-ethyl adjacent to an activating group) is 2. The summed E-state index contributed by atoms with van der Waals surface area (Å²) in [5.74, 6) is -4.60. The highest BCUT2D eigenvalue weighted by molar-refractivity contribution is 5.90. The molecule has 4 atom stereocenters. The third-order valence-corrected chi connectivity index (χ3v) is 5.26. The predicted octanol–water partition coefficient (Wildman–Crippen LogP) is 1.62. The highest BCUT2D eigenvalue weighted by Gasteiger charge is 2.40. The van der Waals surface area contributed by atoms with E-state index in [-0.39, 0.29) is 17.8 Å². The van der Waals surface area contributed by atoms with E-state index in [9.17, 15) is 29.4 Å². The molecule has 2 N–H and O–H groups in total. The van der Waals surface area contributed by atoms with Gasteiger partial charge >= 0.3 is 11.9 Å². The Morgan fingerprint density at radius 3 is 1.42 bits per heavy atom. The summed E-state index contributed by atoms with van der Waals surface area (Å²) in [7, 11) is 2.79. The number of carbonyl (C=O) groups is 4. The number of carboxylic acids is 1. The van der Waals surface area contributed by atoms with Crippen LogP contribution in [0.2, 0.25) is 0 Å². The number of carboxylic acid groups (broad SMARTS) is 1. The molecule has 0 heterocycles. The van der Waals surface area contributed by atoms with E-state index in [1.54, 1.807) is 55.4 Å². The number of esters is 1. The molecule has 0 bridgehead atoms. The summed E-state index contributed by atoms with van der Waals surface area (Å²) < 4.78 is 5.54. The van der Waals surface area contributed by atoms with Crippen molar-refractivity contribution in [3.8, 4) is 0 Å². The van der Waals surface area contributed by atoms with Crippen LogP contribution in [0.1, 0.15) is 55.4 Å². The molecule has 9 heteroatoms. The maximum atomic E-state index is 13.0. The largest absolute Gasteiger partial charge is 0.480 e. The van der Waals surface area contributed by atoms with Crippen LogP contribution < -0.4 is 0 Å². The lowest BCUT2D eigenvalue weighted by Gasteiger charge is -2.35. The highest BCUT2D eigenvalue weighted by atomic mass is 16.6. The Hall–Kier alpha value is -2.16. The van der Waals surface area contributed by atoms with E-state index < -0.39 is 54.0 Å². The average molecular weight is 445 g/mol. The van der Waals surface area contributed by atoms with Gasteiger partial charge in [-0.05, 0) is 23.7 Å². The van der Waals surface area contributed by atoms with Gasteiger partial charge in [-0.15, -0.1) is 0 Å². The first kappa shape index (κ1) is 28.8. The molecule has 0 radical (unpaired) electrons. The van der Waals surface area contributed by atoms with Gasteiger partial charge in [-0.25, -0.2) is 9.59 Å². The first-order valence-corrected chi connectivity index (χ1v) is 10.7. The van der Waals surface area contributed by atoms with E-state index >= 15 is 0 Å². The van der Waals surface area contributed by atoms with Gasteiger partial charge in [0.25, 0.3) is 11.8 Å². The van der Waals surface area contributed by atoms with Gasteiger partial charge in [0.1, 0.15) is 18.2 Å².